The van der Waals surface area contributed by atoms with Gasteiger partial charge >= 0.3 is 22.1 Å². The standard InChI is InChI=1S/C6H14N4O4S/c1-2-3-4-15(13,14)10(9,5(7)11)6(8)12/h2-4,9H2,1H3,(H3-,7,8,11,12)/p+1. The van der Waals surface area contributed by atoms with Crippen LogP contribution < -0.4 is 17.3 Å². The molecule has 0 saturated heterocycles. The van der Waals surface area contributed by atoms with Crippen LogP contribution in [-0.4, -0.2) is 30.2 Å². The zero-order valence-corrected chi connectivity index (χ0v) is 9.16. The number of nitrogens with zero attached hydrogens (tertiary/aromatic N) is 1. The van der Waals surface area contributed by atoms with Crippen molar-refractivity contribution in [1.82, 2.24) is 0 Å². The van der Waals surface area contributed by atoms with E-state index in [9.17, 15) is 18.0 Å². The van der Waals surface area contributed by atoms with Gasteiger partial charge in [0.25, 0.3) is 0 Å². The summed E-state index contributed by atoms with van der Waals surface area (Å²) in [6.07, 6.45) is 0.830. The van der Waals surface area contributed by atoms with Crippen molar-refractivity contribution in [2.45, 2.75) is 19.8 Å². The lowest BCUT2D eigenvalue weighted by atomic mass is 10.4. The monoisotopic (exact) mass is 239 g/mol. The number of carbonyl (C=O) groups excluding carboxylic acids is 2. The summed E-state index contributed by atoms with van der Waals surface area (Å²) in [6, 6.07) is -3.03. The molecule has 88 valence electrons. The molecule has 0 radical (unpaired) electrons. The third-order valence-electron chi connectivity index (χ3n) is 1.85. The summed E-state index contributed by atoms with van der Waals surface area (Å²) in [7, 11) is -4.22. The molecule has 4 amide bonds. The van der Waals surface area contributed by atoms with Crippen LogP contribution in [0.3, 0.4) is 0 Å². The highest BCUT2D eigenvalue weighted by molar-refractivity contribution is 7.86. The van der Waals surface area contributed by atoms with E-state index in [0.29, 0.717) is 6.42 Å². The first kappa shape index (κ1) is 13.8. The van der Waals surface area contributed by atoms with Crippen LogP contribution in [0.15, 0.2) is 0 Å². The number of hydrogen-bond donors (Lipinski definition) is 3. The fraction of sp³-hybridized carbons (Fsp3) is 0.667. The number of quaternary nitrogens is 1. The minimum atomic E-state index is -4.22. The quantitative estimate of drug-likeness (QED) is 0.248. The fourth-order valence-corrected chi connectivity index (χ4v) is 2.34. The van der Waals surface area contributed by atoms with E-state index in [1.54, 1.807) is 6.92 Å². The Labute approximate surface area is 87.6 Å². The van der Waals surface area contributed by atoms with Crippen molar-refractivity contribution in [3.8, 4) is 0 Å². The number of urea groups is 2. The summed E-state index contributed by atoms with van der Waals surface area (Å²) in [5.41, 5.74) is 9.52. The molecule has 0 aromatic carbocycles. The van der Waals surface area contributed by atoms with E-state index in [1.807, 2.05) is 0 Å². The maximum atomic E-state index is 11.5. The van der Waals surface area contributed by atoms with Crippen molar-refractivity contribution in [3.05, 3.63) is 0 Å². The van der Waals surface area contributed by atoms with Gasteiger partial charge < -0.3 is 11.5 Å². The second kappa shape index (κ2) is 4.55. The number of amides is 4. The van der Waals surface area contributed by atoms with Gasteiger partial charge in [0.2, 0.25) is 0 Å². The van der Waals surface area contributed by atoms with Crippen molar-refractivity contribution in [2.24, 2.45) is 17.3 Å². The molecule has 0 aromatic heterocycles. The van der Waals surface area contributed by atoms with E-state index in [4.69, 9.17) is 17.3 Å². The smallest absolute Gasteiger partial charge is 0.316 e. The lowest BCUT2D eigenvalue weighted by Gasteiger charge is -2.21. The SMILES string of the molecule is CCCCS(=O)(=O)[N+](N)(C(N)=O)C(N)=O. The van der Waals surface area contributed by atoms with Crippen molar-refractivity contribution in [3.63, 3.8) is 0 Å². The van der Waals surface area contributed by atoms with E-state index >= 15 is 0 Å². The third-order valence-corrected chi connectivity index (χ3v) is 3.89. The molecule has 8 nitrogen and oxygen atoms in total. The Kier molecular flexibility index (Phi) is 4.19. The van der Waals surface area contributed by atoms with Crippen LogP contribution in [0.2, 0.25) is 0 Å². The molecular formula is C6H15N4O4S+. The first-order valence-electron chi connectivity index (χ1n) is 4.20. The van der Waals surface area contributed by atoms with Crippen molar-refractivity contribution in [2.75, 3.05) is 5.75 Å². The highest BCUT2D eigenvalue weighted by Gasteiger charge is 2.51. The molecule has 0 rings (SSSR count). The molecule has 0 aliphatic heterocycles. The average molecular weight is 239 g/mol. The zero-order chi connectivity index (χ0) is 12.3. The Hall–Kier alpha value is -1.19. The normalized spacial score (nSPS) is 12.4. The topological polar surface area (TPSA) is 146 Å². The van der Waals surface area contributed by atoms with Gasteiger partial charge in [-0.15, -0.1) is 5.84 Å². The van der Waals surface area contributed by atoms with Gasteiger partial charge in [-0.25, -0.2) is 9.59 Å². The van der Waals surface area contributed by atoms with E-state index in [2.05, 4.69) is 0 Å². The van der Waals surface area contributed by atoms with Gasteiger partial charge in [0, 0.05) is 4.00 Å². The number of hydrogen-bond acceptors (Lipinski definition) is 5. The first-order chi connectivity index (χ1) is 6.70. The van der Waals surface area contributed by atoms with E-state index in [0.717, 1.165) is 0 Å². The summed E-state index contributed by atoms with van der Waals surface area (Å²) >= 11 is 0. The summed E-state index contributed by atoms with van der Waals surface area (Å²) in [4.78, 5) is 21.7. The third kappa shape index (κ3) is 2.43. The number of nitrogens with two attached hydrogens (primary N) is 3. The van der Waals surface area contributed by atoms with E-state index < -0.39 is 31.8 Å². The van der Waals surface area contributed by atoms with Gasteiger partial charge in [-0.05, 0) is 6.42 Å². The Balaban J connectivity index is 5.28. The van der Waals surface area contributed by atoms with Crippen molar-refractivity contribution < 1.29 is 22.0 Å². The molecule has 9 heteroatoms. The zero-order valence-electron chi connectivity index (χ0n) is 8.34. The van der Waals surface area contributed by atoms with Crippen LogP contribution in [0, 0.1) is 0 Å². The van der Waals surface area contributed by atoms with Crippen LogP contribution in [0.4, 0.5) is 9.59 Å². The minimum Gasteiger partial charge on any atom is -0.316 e. The predicted octanol–water partition coefficient (Wildman–Crippen LogP) is -1.04. The van der Waals surface area contributed by atoms with Gasteiger partial charge in [-0.2, -0.15) is 8.42 Å². The molecule has 0 spiro atoms. The number of sulfonamides is 1. The summed E-state index contributed by atoms with van der Waals surface area (Å²) in [5, 5.41) is 0. The number of unbranched alkanes of at least 4 members (excludes halogenated alkanes) is 1. The molecule has 0 aliphatic carbocycles. The molecule has 0 saturated carbocycles. The number of rotatable bonds is 4. The van der Waals surface area contributed by atoms with Crippen molar-refractivity contribution >= 4 is 22.1 Å². The molecular weight excluding hydrogens is 224 g/mol. The van der Waals surface area contributed by atoms with Gasteiger partial charge in [0.15, 0.2) is 0 Å². The second-order valence-electron chi connectivity index (χ2n) is 2.97. The van der Waals surface area contributed by atoms with Gasteiger partial charge in [-0.1, -0.05) is 13.3 Å². The predicted molar refractivity (Wildman–Crippen MR) is 52.3 cm³/mol. The van der Waals surface area contributed by atoms with Gasteiger partial charge in [-0.3, -0.25) is 0 Å². The molecule has 0 aliphatic rings. The average Bonchev–Trinajstić information content (AvgIpc) is 2.12. The lowest BCUT2D eigenvalue weighted by Crippen LogP contribution is -2.69. The second-order valence-corrected chi connectivity index (χ2v) is 5.12. The first-order valence-corrected chi connectivity index (χ1v) is 5.81. The van der Waals surface area contributed by atoms with Crippen LogP contribution >= 0.6 is 0 Å². The molecule has 0 atom stereocenters. The molecule has 0 fully saturated rings. The highest BCUT2D eigenvalue weighted by Crippen LogP contribution is 2.11. The molecule has 0 unspecified atom stereocenters. The number of primary amides is 2. The maximum absolute atomic E-state index is 11.5. The van der Waals surface area contributed by atoms with Gasteiger partial charge in [0.1, 0.15) is 5.75 Å². The molecule has 15 heavy (non-hydrogen) atoms. The molecule has 0 heterocycles. The van der Waals surface area contributed by atoms with Crippen LogP contribution in [0.1, 0.15) is 19.8 Å². The summed E-state index contributed by atoms with van der Waals surface area (Å²) in [6.45, 7) is 1.75. The highest BCUT2D eigenvalue weighted by atomic mass is 32.2. The largest absolute Gasteiger partial charge is 0.458 e. The number of imide groups is 1. The summed E-state index contributed by atoms with van der Waals surface area (Å²) in [5.74, 6) is 4.68. The molecule has 6 N–H and O–H groups in total. The Bertz CT molecular complexity index is 349. The van der Waals surface area contributed by atoms with E-state index in [-0.39, 0.29) is 6.42 Å². The summed E-state index contributed by atoms with van der Waals surface area (Å²) < 4.78 is 21.0. The molecule has 0 bridgehead atoms. The van der Waals surface area contributed by atoms with Crippen LogP contribution in [0.25, 0.3) is 0 Å². The lowest BCUT2D eigenvalue weighted by molar-refractivity contribution is -0.641. The Morgan fingerprint density at radius 2 is 1.60 bits per heavy atom. The Morgan fingerprint density at radius 1 is 1.20 bits per heavy atom. The van der Waals surface area contributed by atoms with Crippen LogP contribution in [0.5, 0.6) is 0 Å². The van der Waals surface area contributed by atoms with Gasteiger partial charge in [0.05, 0.1) is 0 Å². The minimum absolute atomic E-state index is 0.264. The fourth-order valence-electron chi connectivity index (χ4n) is 0.854. The van der Waals surface area contributed by atoms with E-state index in [1.165, 1.54) is 0 Å². The number of carbonyl (C=O) groups is 2. The Morgan fingerprint density at radius 3 is 1.87 bits per heavy atom. The maximum Gasteiger partial charge on any atom is 0.458 e. The molecule has 0 aromatic rings. The van der Waals surface area contributed by atoms with Crippen molar-refractivity contribution in [1.29, 1.82) is 0 Å². The van der Waals surface area contributed by atoms with Crippen LogP contribution in [-0.2, 0) is 10.0 Å².